The van der Waals surface area contributed by atoms with E-state index in [4.69, 9.17) is 0 Å². The highest BCUT2D eigenvalue weighted by molar-refractivity contribution is 5.79. The molecular weight excluding hydrogens is 388 g/mol. The molecule has 6 nitrogen and oxygen atoms in total. The molecule has 0 aromatic carbocycles. The van der Waals surface area contributed by atoms with Crippen LogP contribution in [0.5, 0.6) is 0 Å². The van der Waals surface area contributed by atoms with E-state index >= 15 is 0 Å². The van der Waals surface area contributed by atoms with Gasteiger partial charge in [0.25, 0.3) is 0 Å². The van der Waals surface area contributed by atoms with Gasteiger partial charge in [-0.05, 0) is 75.6 Å². The number of unbranched alkanes of at least 4 members (excludes halogenated alkanes) is 1. The molecule has 0 atom stereocenters. The van der Waals surface area contributed by atoms with Gasteiger partial charge in [-0.15, -0.1) is 0 Å². The van der Waals surface area contributed by atoms with Crippen molar-refractivity contribution in [3.05, 3.63) is 18.0 Å². The van der Waals surface area contributed by atoms with E-state index in [1.165, 1.54) is 5.56 Å². The van der Waals surface area contributed by atoms with Crippen LogP contribution in [-0.2, 0) is 16.1 Å². The summed E-state index contributed by atoms with van der Waals surface area (Å²) in [6, 6.07) is 0. The van der Waals surface area contributed by atoms with Gasteiger partial charge in [-0.2, -0.15) is 5.10 Å². The third-order valence-electron chi connectivity index (χ3n) is 7.20. The first-order valence-electron chi connectivity index (χ1n) is 12.5. The highest BCUT2D eigenvalue weighted by Gasteiger charge is 2.31. The molecule has 1 aromatic heterocycles. The van der Waals surface area contributed by atoms with Crippen molar-refractivity contribution >= 4 is 11.7 Å². The van der Waals surface area contributed by atoms with Crippen molar-refractivity contribution in [3.8, 4) is 0 Å². The first-order chi connectivity index (χ1) is 15.0. The van der Waals surface area contributed by atoms with E-state index in [0.717, 1.165) is 84.2 Å². The van der Waals surface area contributed by atoms with Gasteiger partial charge in [-0.1, -0.05) is 20.8 Å². The molecule has 31 heavy (non-hydrogen) atoms. The fraction of sp³-hybridized carbons (Fsp3) is 0.800. The van der Waals surface area contributed by atoms with Crippen LogP contribution in [0, 0.1) is 11.8 Å². The molecular formula is C25H42N4O2. The van der Waals surface area contributed by atoms with Crippen molar-refractivity contribution in [3.63, 3.8) is 0 Å². The maximum Gasteiger partial charge on any atom is 0.225 e. The predicted molar refractivity (Wildman–Crippen MR) is 124 cm³/mol. The molecule has 0 radical (unpaired) electrons. The number of piperidine rings is 2. The molecule has 1 amide bonds. The summed E-state index contributed by atoms with van der Waals surface area (Å²) in [4.78, 5) is 29.0. The van der Waals surface area contributed by atoms with Crippen LogP contribution in [0.3, 0.4) is 0 Å². The number of hydrogen-bond donors (Lipinski definition) is 0. The second-order valence-corrected chi connectivity index (χ2v) is 9.88. The monoisotopic (exact) mass is 430 g/mol. The fourth-order valence-electron chi connectivity index (χ4n) is 4.87. The van der Waals surface area contributed by atoms with Crippen molar-refractivity contribution in [1.82, 2.24) is 19.6 Å². The predicted octanol–water partition coefficient (Wildman–Crippen LogP) is 4.11. The highest BCUT2D eigenvalue weighted by atomic mass is 16.2. The van der Waals surface area contributed by atoms with Crippen LogP contribution < -0.4 is 0 Å². The maximum absolute atomic E-state index is 13.0. The Hall–Kier alpha value is -1.69. The van der Waals surface area contributed by atoms with Gasteiger partial charge in [-0.3, -0.25) is 14.3 Å². The molecule has 0 N–H and O–H groups in total. The normalized spacial score (nSPS) is 19.3. The van der Waals surface area contributed by atoms with Gasteiger partial charge in [0, 0.05) is 44.6 Å². The molecule has 0 aliphatic carbocycles. The average molecular weight is 431 g/mol. The molecule has 2 aliphatic rings. The molecule has 3 rings (SSSR count). The molecule has 0 saturated carbocycles. The number of likely N-dealkylation sites (tertiary alicyclic amines) is 2. The van der Waals surface area contributed by atoms with Crippen molar-refractivity contribution in [2.24, 2.45) is 11.8 Å². The van der Waals surface area contributed by atoms with Crippen LogP contribution in [0.4, 0.5) is 0 Å². The molecule has 2 saturated heterocycles. The Labute approximate surface area is 188 Å². The minimum Gasteiger partial charge on any atom is -0.342 e. The second-order valence-electron chi connectivity index (χ2n) is 9.88. The summed E-state index contributed by atoms with van der Waals surface area (Å²) in [6.07, 6.45) is 11.8. The lowest BCUT2D eigenvalue weighted by molar-refractivity contribution is -0.138. The van der Waals surface area contributed by atoms with Crippen LogP contribution in [-0.4, -0.2) is 64.0 Å². The largest absolute Gasteiger partial charge is 0.342 e. The van der Waals surface area contributed by atoms with Crippen molar-refractivity contribution in [1.29, 1.82) is 0 Å². The zero-order chi connectivity index (χ0) is 22.2. The van der Waals surface area contributed by atoms with Gasteiger partial charge in [-0.25, -0.2) is 0 Å². The zero-order valence-corrected chi connectivity index (χ0v) is 19.9. The lowest BCUT2D eigenvalue weighted by Crippen LogP contribution is -2.46. The zero-order valence-electron chi connectivity index (χ0n) is 19.9. The standard InChI is InChI=1S/C25H42N4O2/c1-4-24(30)7-5-6-12-27-13-10-22(11-14-27)25(31)28-15-8-21(9-16-28)18-29-19-23(17-26-29)20(2)3/h17,19-22H,4-16,18H2,1-3H3. The van der Waals surface area contributed by atoms with Gasteiger partial charge >= 0.3 is 0 Å². The highest BCUT2D eigenvalue weighted by Crippen LogP contribution is 2.25. The Bertz CT molecular complexity index is 698. The summed E-state index contributed by atoms with van der Waals surface area (Å²) in [6.45, 7) is 12.2. The molecule has 0 spiro atoms. The number of amides is 1. The maximum atomic E-state index is 13.0. The Balaban J connectivity index is 1.33. The van der Waals surface area contributed by atoms with Crippen molar-refractivity contribution in [2.75, 3.05) is 32.7 Å². The summed E-state index contributed by atoms with van der Waals surface area (Å²) in [5.41, 5.74) is 1.30. The van der Waals surface area contributed by atoms with Gasteiger partial charge in [0.15, 0.2) is 0 Å². The number of carbonyl (C=O) groups excluding carboxylic acids is 2. The van der Waals surface area contributed by atoms with E-state index in [-0.39, 0.29) is 5.92 Å². The number of rotatable bonds is 10. The third kappa shape index (κ3) is 7.16. The molecule has 1 aromatic rings. The summed E-state index contributed by atoms with van der Waals surface area (Å²) in [5.74, 6) is 2.09. The van der Waals surface area contributed by atoms with E-state index in [9.17, 15) is 9.59 Å². The van der Waals surface area contributed by atoms with Gasteiger partial charge in [0.1, 0.15) is 5.78 Å². The number of hydrogen-bond acceptors (Lipinski definition) is 4. The Kier molecular flexibility index (Phi) is 9.12. The molecule has 0 unspecified atom stereocenters. The lowest BCUT2D eigenvalue weighted by atomic mass is 9.92. The fourth-order valence-corrected chi connectivity index (χ4v) is 4.87. The number of carbonyl (C=O) groups is 2. The van der Waals surface area contributed by atoms with E-state index < -0.39 is 0 Å². The first-order valence-corrected chi connectivity index (χ1v) is 12.5. The van der Waals surface area contributed by atoms with Crippen LogP contribution in [0.1, 0.15) is 83.6 Å². The van der Waals surface area contributed by atoms with Crippen LogP contribution >= 0.6 is 0 Å². The Morgan fingerprint density at radius 3 is 2.39 bits per heavy atom. The molecule has 2 aliphatic heterocycles. The first kappa shape index (κ1) is 24.0. The summed E-state index contributed by atoms with van der Waals surface area (Å²) in [5, 5.41) is 4.52. The number of Topliss-reactive ketones (excluding diaryl/α,β-unsaturated/α-hetero) is 1. The van der Waals surface area contributed by atoms with Gasteiger partial charge in [0.2, 0.25) is 5.91 Å². The van der Waals surface area contributed by atoms with E-state index in [1.807, 2.05) is 13.1 Å². The van der Waals surface area contributed by atoms with Gasteiger partial charge < -0.3 is 9.80 Å². The summed E-state index contributed by atoms with van der Waals surface area (Å²) < 4.78 is 2.09. The third-order valence-corrected chi connectivity index (χ3v) is 7.20. The second kappa shape index (κ2) is 11.8. The Morgan fingerprint density at radius 1 is 1.06 bits per heavy atom. The summed E-state index contributed by atoms with van der Waals surface area (Å²) >= 11 is 0. The molecule has 6 heteroatoms. The van der Waals surface area contributed by atoms with E-state index in [1.54, 1.807) is 0 Å². The molecule has 174 valence electrons. The topological polar surface area (TPSA) is 58.4 Å². The Morgan fingerprint density at radius 2 is 1.77 bits per heavy atom. The summed E-state index contributed by atoms with van der Waals surface area (Å²) in [7, 11) is 0. The van der Waals surface area contributed by atoms with Crippen molar-refractivity contribution in [2.45, 2.75) is 84.6 Å². The van der Waals surface area contributed by atoms with E-state index in [2.05, 4.69) is 39.6 Å². The van der Waals surface area contributed by atoms with Crippen LogP contribution in [0.25, 0.3) is 0 Å². The molecule has 3 heterocycles. The molecule has 2 fully saturated rings. The number of ketones is 1. The average Bonchev–Trinajstić information content (AvgIpc) is 3.26. The quantitative estimate of drug-likeness (QED) is 0.524. The number of aromatic nitrogens is 2. The van der Waals surface area contributed by atoms with Gasteiger partial charge in [0.05, 0.1) is 6.20 Å². The SMILES string of the molecule is CCC(=O)CCCCN1CCC(C(=O)N2CCC(Cn3cc(C(C)C)cn3)CC2)CC1. The number of nitrogens with zero attached hydrogens (tertiary/aromatic N) is 4. The minimum atomic E-state index is 0.203. The smallest absolute Gasteiger partial charge is 0.225 e. The van der Waals surface area contributed by atoms with Crippen LogP contribution in [0.2, 0.25) is 0 Å². The molecule has 0 bridgehead atoms. The lowest BCUT2D eigenvalue weighted by Gasteiger charge is -2.37. The minimum absolute atomic E-state index is 0.203. The van der Waals surface area contributed by atoms with Crippen molar-refractivity contribution < 1.29 is 9.59 Å². The van der Waals surface area contributed by atoms with E-state index in [0.29, 0.717) is 29.9 Å². The van der Waals surface area contributed by atoms with Crippen LogP contribution in [0.15, 0.2) is 12.4 Å².